The number of halogens is 3. The maximum atomic E-state index is 12.2. The van der Waals surface area contributed by atoms with Crippen molar-refractivity contribution < 1.29 is 31.1 Å². The third-order valence-corrected chi connectivity index (χ3v) is 6.53. The smallest absolute Gasteiger partial charge is 0.406 e. The van der Waals surface area contributed by atoms with Gasteiger partial charge in [-0.05, 0) is 30.7 Å². The molecule has 2 aromatic rings. The predicted molar refractivity (Wildman–Crippen MR) is 93.1 cm³/mol. The van der Waals surface area contributed by atoms with E-state index >= 15 is 0 Å². The molecule has 2 heterocycles. The Morgan fingerprint density at radius 2 is 2.00 bits per heavy atom. The highest BCUT2D eigenvalue weighted by Crippen LogP contribution is 2.28. The molecule has 1 fully saturated rings. The van der Waals surface area contributed by atoms with Crippen LogP contribution in [0, 0.1) is 0 Å². The van der Waals surface area contributed by atoms with Gasteiger partial charge >= 0.3 is 6.36 Å². The van der Waals surface area contributed by atoms with Crippen LogP contribution in [0.3, 0.4) is 0 Å². The molecule has 0 spiro atoms. The van der Waals surface area contributed by atoms with E-state index in [2.05, 4.69) is 15.0 Å². The number of benzene rings is 1. The molecule has 1 aromatic carbocycles. The average molecular weight is 420 g/mol. The number of hydrogen-bond acceptors (Lipinski definition) is 6. The quantitative estimate of drug-likeness (QED) is 0.804. The van der Waals surface area contributed by atoms with Crippen LogP contribution in [0.4, 0.5) is 13.2 Å². The number of rotatable bonds is 5. The molecule has 0 radical (unpaired) electrons. The molecule has 11 heteroatoms. The first kappa shape index (κ1) is 19.6. The van der Waals surface area contributed by atoms with Crippen molar-refractivity contribution in [1.29, 1.82) is 0 Å². The Kier molecular flexibility index (Phi) is 5.43. The fourth-order valence-electron chi connectivity index (χ4n) is 2.67. The van der Waals surface area contributed by atoms with Crippen molar-refractivity contribution >= 4 is 27.1 Å². The van der Waals surface area contributed by atoms with Gasteiger partial charge in [-0.3, -0.25) is 4.79 Å². The molecule has 146 valence electrons. The van der Waals surface area contributed by atoms with Gasteiger partial charge in [-0.2, -0.15) is 0 Å². The van der Waals surface area contributed by atoms with E-state index in [1.54, 1.807) is 5.38 Å². The minimum atomic E-state index is -4.75. The Morgan fingerprint density at radius 3 is 2.59 bits per heavy atom. The van der Waals surface area contributed by atoms with E-state index in [1.165, 1.54) is 35.6 Å². The molecule has 3 rings (SSSR count). The first-order chi connectivity index (χ1) is 12.6. The molecule has 1 amide bonds. The van der Waals surface area contributed by atoms with E-state index in [-0.39, 0.29) is 35.6 Å². The molecular weight excluding hydrogens is 405 g/mol. The molecule has 1 saturated heterocycles. The minimum Gasteiger partial charge on any atom is -0.406 e. The molecule has 1 atom stereocenters. The summed E-state index contributed by atoms with van der Waals surface area (Å²) in [5, 5.41) is 4.92. The lowest BCUT2D eigenvalue weighted by molar-refractivity contribution is -0.274. The van der Waals surface area contributed by atoms with Crippen molar-refractivity contribution in [3.8, 4) is 16.3 Å². The van der Waals surface area contributed by atoms with Crippen LogP contribution in [0.5, 0.6) is 5.75 Å². The van der Waals surface area contributed by atoms with Crippen LogP contribution in [0.25, 0.3) is 10.6 Å². The third-order valence-electron chi connectivity index (χ3n) is 3.83. The molecule has 27 heavy (non-hydrogen) atoms. The first-order valence-corrected chi connectivity index (χ1v) is 10.6. The topological polar surface area (TPSA) is 85.4 Å². The Balaban J connectivity index is 1.59. The fraction of sp³-hybridized carbons (Fsp3) is 0.375. The van der Waals surface area contributed by atoms with Crippen LogP contribution in [0.15, 0.2) is 29.6 Å². The van der Waals surface area contributed by atoms with Crippen LogP contribution >= 0.6 is 11.3 Å². The molecule has 1 N–H and O–H groups in total. The fourth-order valence-corrected chi connectivity index (χ4v) is 5.17. The number of hydrogen-bond donors (Lipinski definition) is 1. The van der Waals surface area contributed by atoms with Crippen LogP contribution in [-0.4, -0.2) is 43.2 Å². The largest absolute Gasteiger partial charge is 0.573 e. The van der Waals surface area contributed by atoms with Gasteiger partial charge in [0.05, 0.1) is 23.6 Å². The molecular formula is C16H15F3N2O4S2. The predicted octanol–water partition coefficient (Wildman–Crippen LogP) is 2.55. The third kappa shape index (κ3) is 5.67. The van der Waals surface area contributed by atoms with E-state index in [0.29, 0.717) is 22.7 Å². The number of carbonyl (C=O) groups is 1. The molecule has 6 nitrogen and oxygen atoms in total. The molecule has 1 unspecified atom stereocenters. The second kappa shape index (κ2) is 7.47. The van der Waals surface area contributed by atoms with Gasteiger partial charge < -0.3 is 10.1 Å². The number of aromatic nitrogens is 1. The Labute approximate surface area is 157 Å². The zero-order chi connectivity index (χ0) is 19.7. The Hall–Kier alpha value is -2.14. The number of thiazole rings is 1. The summed E-state index contributed by atoms with van der Waals surface area (Å²) in [5.74, 6) is -0.614. The van der Waals surface area contributed by atoms with Gasteiger partial charge in [-0.15, -0.1) is 24.5 Å². The van der Waals surface area contributed by atoms with Crippen molar-refractivity contribution in [2.45, 2.75) is 25.2 Å². The minimum absolute atomic E-state index is 0.00230. The van der Waals surface area contributed by atoms with Crippen LogP contribution in [0.1, 0.15) is 12.1 Å². The summed E-state index contributed by atoms with van der Waals surface area (Å²) in [6.07, 6.45) is -4.34. The van der Waals surface area contributed by atoms with Crippen LogP contribution in [-0.2, 0) is 21.1 Å². The van der Waals surface area contributed by atoms with Crippen molar-refractivity contribution in [2.75, 3.05) is 11.5 Å². The summed E-state index contributed by atoms with van der Waals surface area (Å²) in [7, 11) is -3.07. The number of ether oxygens (including phenoxy) is 1. The Morgan fingerprint density at radius 1 is 1.30 bits per heavy atom. The first-order valence-electron chi connectivity index (χ1n) is 7.90. The Bertz CT molecular complexity index is 924. The lowest BCUT2D eigenvalue weighted by atomic mass is 10.2. The van der Waals surface area contributed by atoms with Gasteiger partial charge in [0.25, 0.3) is 0 Å². The summed E-state index contributed by atoms with van der Waals surface area (Å²) in [6, 6.07) is 4.91. The number of carbonyl (C=O) groups excluding carboxylic acids is 1. The van der Waals surface area contributed by atoms with E-state index in [0.717, 1.165) is 0 Å². The highest BCUT2D eigenvalue weighted by Gasteiger charge is 2.31. The number of alkyl halides is 3. The standard InChI is InChI=1S/C16H15F3N2O4S2/c17-16(18,19)25-13-3-1-10(2-4-13)15-21-12(8-26-15)7-14(22)20-11-5-6-27(23,24)9-11/h1-4,8,11H,5-7,9H2,(H,20,22). The van der Waals surface area contributed by atoms with Crippen molar-refractivity contribution in [3.63, 3.8) is 0 Å². The van der Waals surface area contributed by atoms with Crippen molar-refractivity contribution in [3.05, 3.63) is 35.3 Å². The lowest BCUT2D eigenvalue weighted by Crippen LogP contribution is -2.36. The number of nitrogens with one attached hydrogen (secondary N) is 1. The van der Waals surface area contributed by atoms with Crippen molar-refractivity contribution in [2.24, 2.45) is 0 Å². The maximum absolute atomic E-state index is 12.2. The van der Waals surface area contributed by atoms with Gasteiger partial charge in [-0.1, -0.05) is 0 Å². The van der Waals surface area contributed by atoms with Crippen molar-refractivity contribution in [1.82, 2.24) is 10.3 Å². The van der Waals surface area contributed by atoms with Gasteiger partial charge in [-0.25, -0.2) is 13.4 Å². The van der Waals surface area contributed by atoms with E-state index < -0.39 is 16.2 Å². The monoisotopic (exact) mass is 420 g/mol. The molecule has 1 aromatic heterocycles. The number of amides is 1. The average Bonchev–Trinajstić information content (AvgIpc) is 3.13. The van der Waals surface area contributed by atoms with Crippen LogP contribution < -0.4 is 10.1 Å². The zero-order valence-corrected chi connectivity index (χ0v) is 15.5. The normalized spacial score (nSPS) is 19.0. The van der Waals surface area contributed by atoms with Gasteiger partial charge in [0.1, 0.15) is 10.8 Å². The van der Waals surface area contributed by atoms with Crippen LogP contribution in [0.2, 0.25) is 0 Å². The second-order valence-electron chi connectivity index (χ2n) is 6.06. The van der Waals surface area contributed by atoms with Gasteiger partial charge in [0.15, 0.2) is 9.84 Å². The molecule has 0 aliphatic carbocycles. The molecule has 0 bridgehead atoms. The second-order valence-corrected chi connectivity index (χ2v) is 9.15. The highest BCUT2D eigenvalue weighted by molar-refractivity contribution is 7.91. The summed E-state index contributed by atoms with van der Waals surface area (Å²) in [6.45, 7) is 0. The SMILES string of the molecule is O=C(Cc1csc(-c2ccc(OC(F)(F)F)cc2)n1)NC1CCS(=O)(=O)C1. The molecule has 0 saturated carbocycles. The lowest BCUT2D eigenvalue weighted by Gasteiger charge is -2.09. The summed E-state index contributed by atoms with van der Waals surface area (Å²) < 4.78 is 63.2. The summed E-state index contributed by atoms with van der Waals surface area (Å²) in [5.41, 5.74) is 1.10. The van der Waals surface area contributed by atoms with E-state index in [1.807, 2.05) is 0 Å². The van der Waals surface area contributed by atoms with Gasteiger partial charge in [0.2, 0.25) is 5.91 Å². The van der Waals surface area contributed by atoms with Gasteiger partial charge in [0, 0.05) is 17.0 Å². The number of nitrogens with zero attached hydrogens (tertiary/aromatic N) is 1. The van der Waals surface area contributed by atoms with E-state index in [9.17, 15) is 26.4 Å². The number of sulfone groups is 1. The summed E-state index contributed by atoms with van der Waals surface area (Å²) >= 11 is 1.26. The zero-order valence-electron chi connectivity index (χ0n) is 13.8. The molecule has 1 aliphatic heterocycles. The summed E-state index contributed by atoms with van der Waals surface area (Å²) in [4.78, 5) is 16.3. The van der Waals surface area contributed by atoms with E-state index in [4.69, 9.17) is 0 Å². The highest BCUT2D eigenvalue weighted by atomic mass is 32.2. The maximum Gasteiger partial charge on any atom is 0.573 e. The molecule has 1 aliphatic rings.